The molecule has 0 aromatic carbocycles. The first-order chi connectivity index (χ1) is 5.86. The Balaban J connectivity index is 0.00000144. The van der Waals surface area contributed by atoms with Crippen molar-refractivity contribution in [3.63, 3.8) is 0 Å². The van der Waals surface area contributed by atoms with Crippen molar-refractivity contribution >= 4 is 12.4 Å². The highest BCUT2D eigenvalue weighted by Gasteiger charge is 2.13. The summed E-state index contributed by atoms with van der Waals surface area (Å²) in [6.07, 6.45) is 11.6. The zero-order valence-electron chi connectivity index (χ0n) is 7.91. The number of hydrogen-bond acceptors (Lipinski definition) is 1. The summed E-state index contributed by atoms with van der Waals surface area (Å²) >= 11 is 0. The maximum Gasteiger partial charge on any atom is 0.0287 e. The van der Waals surface area contributed by atoms with E-state index < -0.39 is 0 Å². The van der Waals surface area contributed by atoms with Crippen molar-refractivity contribution < 1.29 is 0 Å². The molecule has 1 aliphatic heterocycles. The van der Waals surface area contributed by atoms with Gasteiger partial charge >= 0.3 is 0 Å². The van der Waals surface area contributed by atoms with Gasteiger partial charge in [0.25, 0.3) is 0 Å². The fourth-order valence-electron chi connectivity index (χ4n) is 1.53. The Labute approximate surface area is 87.0 Å². The summed E-state index contributed by atoms with van der Waals surface area (Å²) < 4.78 is 0. The predicted octanol–water partition coefficient (Wildman–Crippen LogP) is 2.85. The Morgan fingerprint density at radius 1 is 1.31 bits per heavy atom. The zero-order chi connectivity index (χ0) is 8.81. The lowest BCUT2D eigenvalue weighted by molar-refractivity contribution is 0.455. The van der Waals surface area contributed by atoms with Gasteiger partial charge in [-0.05, 0) is 19.3 Å². The molecule has 0 saturated carbocycles. The highest BCUT2D eigenvalue weighted by atomic mass is 35.5. The third-order valence-corrected chi connectivity index (χ3v) is 2.11. The minimum absolute atomic E-state index is 0. The highest BCUT2D eigenvalue weighted by Crippen LogP contribution is 2.10. The topological polar surface area (TPSA) is 12.0 Å². The molecule has 1 N–H and O–H groups in total. The van der Waals surface area contributed by atoms with Gasteiger partial charge in [-0.15, -0.1) is 25.6 Å². The molecule has 2 heteroatoms. The molecule has 1 nitrogen and oxygen atoms in total. The predicted molar refractivity (Wildman–Crippen MR) is 61.3 cm³/mol. The second kappa shape index (κ2) is 6.93. The molecule has 0 amide bonds. The van der Waals surface area contributed by atoms with Gasteiger partial charge in [0.1, 0.15) is 0 Å². The van der Waals surface area contributed by atoms with Crippen LogP contribution in [-0.4, -0.2) is 12.1 Å². The molecule has 0 radical (unpaired) electrons. The second-order valence-electron chi connectivity index (χ2n) is 3.18. The quantitative estimate of drug-likeness (QED) is 0.687. The lowest BCUT2D eigenvalue weighted by atomic mass is 10.0. The van der Waals surface area contributed by atoms with E-state index in [-0.39, 0.29) is 12.4 Å². The van der Waals surface area contributed by atoms with Crippen LogP contribution in [0.2, 0.25) is 0 Å². The summed E-state index contributed by atoms with van der Waals surface area (Å²) in [5.41, 5.74) is 0. The Morgan fingerprint density at radius 3 is 2.62 bits per heavy atom. The smallest absolute Gasteiger partial charge is 0.0287 e. The monoisotopic (exact) mass is 199 g/mol. The van der Waals surface area contributed by atoms with Gasteiger partial charge in [0, 0.05) is 12.1 Å². The minimum atomic E-state index is 0. The molecule has 0 fully saturated rings. The molecule has 1 heterocycles. The molecule has 0 aromatic heterocycles. The average molecular weight is 200 g/mol. The average Bonchev–Trinajstić information content (AvgIpc) is 2.06. The van der Waals surface area contributed by atoms with E-state index in [0.29, 0.717) is 12.1 Å². The van der Waals surface area contributed by atoms with Gasteiger partial charge in [-0.2, -0.15) is 0 Å². The molecule has 0 spiro atoms. The number of hydrogen-bond donors (Lipinski definition) is 1. The Hall–Kier alpha value is -0.530. The van der Waals surface area contributed by atoms with E-state index in [4.69, 9.17) is 0 Å². The van der Waals surface area contributed by atoms with Crippen molar-refractivity contribution in [2.24, 2.45) is 0 Å². The van der Waals surface area contributed by atoms with Crippen molar-refractivity contribution in [1.29, 1.82) is 0 Å². The van der Waals surface area contributed by atoms with Gasteiger partial charge in [0.15, 0.2) is 0 Å². The molecule has 0 saturated heterocycles. The molecule has 13 heavy (non-hydrogen) atoms. The molecule has 74 valence electrons. The van der Waals surface area contributed by atoms with E-state index in [9.17, 15) is 0 Å². The lowest BCUT2D eigenvalue weighted by Crippen LogP contribution is -2.38. The molecular weight excluding hydrogens is 182 g/mol. The van der Waals surface area contributed by atoms with Crippen LogP contribution in [0.5, 0.6) is 0 Å². The standard InChI is InChI=1S/C11H17N.ClH/c1-3-6-10-8-5-9-11(12-10)7-4-2;/h3-5,8,10-12H,1-2,6-7,9H2;1H/t10-,11-;/m0./s1. The van der Waals surface area contributed by atoms with E-state index in [1.165, 1.54) is 0 Å². The maximum absolute atomic E-state index is 3.74. The molecule has 1 aliphatic rings. The van der Waals surface area contributed by atoms with Crippen LogP contribution >= 0.6 is 12.4 Å². The minimum Gasteiger partial charge on any atom is -0.307 e. The summed E-state index contributed by atoms with van der Waals surface area (Å²) in [4.78, 5) is 0. The SMILES string of the molecule is C=CC[C@H]1CC=C[C@H](CC=C)N1.Cl. The van der Waals surface area contributed by atoms with Crippen molar-refractivity contribution in [2.45, 2.75) is 31.3 Å². The third-order valence-electron chi connectivity index (χ3n) is 2.11. The molecule has 1 rings (SSSR count). The first kappa shape index (κ1) is 12.5. The van der Waals surface area contributed by atoms with Crippen LogP contribution in [0.3, 0.4) is 0 Å². The molecular formula is C11H18ClN. The Kier molecular flexibility index (Phi) is 6.65. The van der Waals surface area contributed by atoms with Crippen molar-refractivity contribution in [2.75, 3.05) is 0 Å². The third kappa shape index (κ3) is 4.30. The lowest BCUT2D eigenvalue weighted by Gasteiger charge is -2.25. The van der Waals surface area contributed by atoms with Crippen LogP contribution < -0.4 is 5.32 Å². The van der Waals surface area contributed by atoms with Gasteiger partial charge in [0.2, 0.25) is 0 Å². The van der Waals surface area contributed by atoms with E-state index >= 15 is 0 Å². The van der Waals surface area contributed by atoms with Crippen molar-refractivity contribution in [1.82, 2.24) is 5.32 Å². The molecule has 0 aliphatic carbocycles. The van der Waals surface area contributed by atoms with Crippen LogP contribution in [0.15, 0.2) is 37.5 Å². The highest BCUT2D eigenvalue weighted by molar-refractivity contribution is 5.85. The van der Waals surface area contributed by atoms with E-state index in [1.54, 1.807) is 0 Å². The number of nitrogens with one attached hydrogen (secondary N) is 1. The second-order valence-corrected chi connectivity index (χ2v) is 3.18. The van der Waals surface area contributed by atoms with Crippen LogP contribution in [0.4, 0.5) is 0 Å². The molecule has 0 aromatic rings. The van der Waals surface area contributed by atoms with Gasteiger partial charge in [-0.1, -0.05) is 24.3 Å². The zero-order valence-corrected chi connectivity index (χ0v) is 8.72. The first-order valence-electron chi connectivity index (χ1n) is 4.51. The molecule has 0 unspecified atom stereocenters. The molecule has 0 bridgehead atoms. The largest absolute Gasteiger partial charge is 0.307 e. The van der Waals surface area contributed by atoms with Gasteiger partial charge in [-0.3, -0.25) is 0 Å². The summed E-state index contributed by atoms with van der Waals surface area (Å²) in [5.74, 6) is 0. The van der Waals surface area contributed by atoms with Crippen molar-refractivity contribution in [3.8, 4) is 0 Å². The fraction of sp³-hybridized carbons (Fsp3) is 0.455. The van der Waals surface area contributed by atoms with E-state index in [1.807, 2.05) is 12.2 Å². The summed E-state index contributed by atoms with van der Waals surface area (Å²) in [6.45, 7) is 7.47. The summed E-state index contributed by atoms with van der Waals surface area (Å²) in [5, 5.41) is 3.53. The molecule has 2 atom stereocenters. The van der Waals surface area contributed by atoms with Crippen molar-refractivity contribution in [3.05, 3.63) is 37.5 Å². The van der Waals surface area contributed by atoms with Crippen LogP contribution in [-0.2, 0) is 0 Å². The van der Waals surface area contributed by atoms with Gasteiger partial charge < -0.3 is 5.32 Å². The number of halogens is 1. The van der Waals surface area contributed by atoms with Crippen LogP contribution in [0.25, 0.3) is 0 Å². The van der Waals surface area contributed by atoms with Gasteiger partial charge in [0.05, 0.1) is 0 Å². The fourth-order valence-corrected chi connectivity index (χ4v) is 1.53. The van der Waals surface area contributed by atoms with Crippen LogP contribution in [0, 0.1) is 0 Å². The normalized spacial score (nSPS) is 26.2. The van der Waals surface area contributed by atoms with Gasteiger partial charge in [-0.25, -0.2) is 0 Å². The van der Waals surface area contributed by atoms with E-state index in [2.05, 4.69) is 30.6 Å². The summed E-state index contributed by atoms with van der Waals surface area (Å²) in [6, 6.07) is 1.07. The van der Waals surface area contributed by atoms with Crippen LogP contribution in [0.1, 0.15) is 19.3 Å². The number of rotatable bonds is 4. The van der Waals surface area contributed by atoms with E-state index in [0.717, 1.165) is 19.3 Å². The Morgan fingerprint density at radius 2 is 2.00 bits per heavy atom. The first-order valence-corrected chi connectivity index (χ1v) is 4.51. The summed E-state index contributed by atoms with van der Waals surface area (Å²) in [7, 11) is 0. The Bertz CT molecular complexity index is 187. The maximum atomic E-state index is 3.74.